The van der Waals surface area contributed by atoms with Crippen molar-refractivity contribution in [2.75, 3.05) is 37.0 Å². The minimum atomic E-state index is -0.282. The van der Waals surface area contributed by atoms with E-state index in [9.17, 15) is 4.79 Å². The minimum Gasteiger partial charge on any atom is -0.481 e. The van der Waals surface area contributed by atoms with E-state index in [0.29, 0.717) is 30.6 Å². The molecule has 2 fully saturated rings. The number of amides is 1. The van der Waals surface area contributed by atoms with Crippen molar-refractivity contribution in [3.63, 3.8) is 0 Å². The zero-order valence-electron chi connectivity index (χ0n) is 15.8. The standard InChI is InChI=1S/C18H25N7O2/c1-11-8-16(24(2)23-11)21-14-6-7-25(18(14)26)15-5-4-13(17(22-15)27-3)12-9-19-20-10-12/h4-5,8,12,14,19-21H,6-7,9-10H2,1-3H3. The maximum atomic E-state index is 12.9. The zero-order valence-corrected chi connectivity index (χ0v) is 15.8. The van der Waals surface area contributed by atoms with E-state index < -0.39 is 0 Å². The first-order valence-electron chi connectivity index (χ1n) is 9.16. The Morgan fingerprint density at radius 1 is 1.30 bits per heavy atom. The molecule has 1 unspecified atom stereocenters. The van der Waals surface area contributed by atoms with Crippen LogP contribution >= 0.6 is 0 Å². The molecule has 9 nitrogen and oxygen atoms in total. The van der Waals surface area contributed by atoms with Crippen LogP contribution in [0.5, 0.6) is 5.88 Å². The van der Waals surface area contributed by atoms with Crippen LogP contribution in [-0.4, -0.2) is 53.5 Å². The smallest absolute Gasteiger partial charge is 0.250 e. The fourth-order valence-electron chi connectivity index (χ4n) is 3.71. The first-order chi connectivity index (χ1) is 13.1. The number of carbonyl (C=O) groups is 1. The molecule has 0 bridgehead atoms. The quantitative estimate of drug-likeness (QED) is 0.706. The lowest BCUT2D eigenvalue weighted by molar-refractivity contribution is -0.117. The Labute approximate surface area is 158 Å². The topological polar surface area (TPSA) is 96.3 Å². The SMILES string of the molecule is COc1nc(N2CCC(Nc3cc(C)nn3C)C2=O)ccc1C1CNNC1. The van der Waals surface area contributed by atoms with Crippen molar-refractivity contribution < 1.29 is 9.53 Å². The third kappa shape index (κ3) is 3.35. The molecule has 1 amide bonds. The summed E-state index contributed by atoms with van der Waals surface area (Å²) < 4.78 is 7.26. The fourth-order valence-corrected chi connectivity index (χ4v) is 3.71. The molecule has 2 aromatic rings. The van der Waals surface area contributed by atoms with E-state index in [1.807, 2.05) is 32.2 Å². The summed E-state index contributed by atoms with van der Waals surface area (Å²) in [5.41, 5.74) is 8.21. The highest BCUT2D eigenvalue weighted by Crippen LogP contribution is 2.30. The van der Waals surface area contributed by atoms with E-state index in [4.69, 9.17) is 4.74 Å². The Kier molecular flexibility index (Phi) is 4.71. The Hall–Kier alpha value is -2.65. The van der Waals surface area contributed by atoms with Gasteiger partial charge in [0.2, 0.25) is 5.88 Å². The monoisotopic (exact) mass is 371 g/mol. The molecule has 0 saturated carbocycles. The number of carbonyl (C=O) groups excluding carboxylic acids is 1. The molecule has 0 radical (unpaired) electrons. The van der Waals surface area contributed by atoms with Crippen molar-refractivity contribution in [2.45, 2.75) is 25.3 Å². The van der Waals surface area contributed by atoms with Crippen LogP contribution in [0.4, 0.5) is 11.6 Å². The first-order valence-corrected chi connectivity index (χ1v) is 9.16. The minimum absolute atomic E-state index is 0.0142. The largest absolute Gasteiger partial charge is 0.481 e. The maximum Gasteiger partial charge on any atom is 0.250 e. The number of ether oxygens (including phenoxy) is 1. The predicted molar refractivity (Wildman–Crippen MR) is 102 cm³/mol. The Balaban J connectivity index is 1.52. The molecule has 27 heavy (non-hydrogen) atoms. The molecule has 0 spiro atoms. The van der Waals surface area contributed by atoms with Gasteiger partial charge >= 0.3 is 0 Å². The van der Waals surface area contributed by atoms with Gasteiger partial charge in [-0.3, -0.25) is 25.2 Å². The number of pyridine rings is 1. The summed E-state index contributed by atoms with van der Waals surface area (Å²) in [5, 5.41) is 7.61. The van der Waals surface area contributed by atoms with Gasteiger partial charge in [-0.25, -0.2) is 0 Å². The predicted octanol–water partition coefficient (Wildman–Crippen LogP) is 0.541. The number of nitrogens with one attached hydrogen (secondary N) is 3. The lowest BCUT2D eigenvalue weighted by atomic mass is 10.0. The number of aromatic nitrogens is 3. The van der Waals surface area contributed by atoms with Crippen LogP contribution in [-0.2, 0) is 11.8 Å². The number of rotatable bonds is 5. The number of aryl methyl sites for hydroxylation is 2. The van der Waals surface area contributed by atoms with Gasteiger partial charge in [0.25, 0.3) is 5.91 Å². The van der Waals surface area contributed by atoms with E-state index in [2.05, 4.69) is 26.3 Å². The van der Waals surface area contributed by atoms with Crippen molar-refractivity contribution in [1.29, 1.82) is 0 Å². The molecule has 0 aliphatic carbocycles. The molecule has 4 heterocycles. The summed E-state index contributed by atoms with van der Waals surface area (Å²) in [7, 11) is 3.48. The highest BCUT2D eigenvalue weighted by atomic mass is 16.5. The third-order valence-electron chi connectivity index (χ3n) is 5.14. The normalized spacial score (nSPS) is 20.5. The van der Waals surface area contributed by atoms with Crippen LogP contribution < -0.4 is 25.8 Å². The van der Waals surface area contributed by atoms with Crippen molar-refractivity contribution in [3.05, 3.63) is 29.5 Å². The summed E-state index contributed by atoms with van der Waals surface area (Å²) in [6, 6.07) is 5.58. The Morgan fingerprint density at radius 3 is 2.74 bits per heavy atom. The average molecular weight is 371 g/mol. The molecule has 2 aromatic heterocycles. The molecular weight excluding hydrogens is 346 g/mol. The lowest BCUT2D eigenvalue weighted by Crippen LogP contribution is -2.34. The third-order valence-corrected chi connectivity index (χ3v) is 5.14. The molecular formula is C18H25N7O2. The van der Waals surface area contributed by atoms with E-state index in [1.54, 1.807) is 16.7 Å². The number of hydrogen-bond donors (Lipinski definition) is 3. The molecule has 9 heteroatoms. The van der Waals surface area contributed by atoms with Gasteiger partial charge in [0.05, 0.1) is 12.8 Å². The number of hydrazine groups is 1. The van der Waals surface area contributed by atoms with E-state index >= 15 is 0 Å². The Bertz CT molecular complexity index is 844. The summed E-state index contributed by atoms with van der Waals surface area (Å²) in [6.45, 7) is 4.21. The fraction of sp³-hybridized carbons (Fsp3) is 0.500. The van der Waals surface area contributed by atoms with Crippen LogP contribution in [0.15, 0.2) is 18.2 Å². The van der Waals surface area contributed by atoms with Crippen molar-refractivity contribution in [2.24, 2.45) is 7.05 Å². The number of anilines is 2. The van der Waals surface area contributed by atoms with Gasteiger partial charge in [0.1, 0.15) is 17.7 Å². The van der Waals surface area contributed by atoms with Crippen LogP contribution in [0.1, 0.15) is 23.6 Å². The van der Waals surface area contributed by atoms with Gasteiger partial charge in [0, 0.05) is 44.2 Å². The molecule has 0 aromatic carbocycles. The average Bonchev–Trinajstić information content (AvgIpc) is 3.37. The number of methoxy groups -OCH3 is 1. The second-order valence-corrected chi connectivity index (χ2v) is 7.00. The lowest BCUT2D eigenvalue weighted by Gasteiger charge is -2.19. The molecule has 144 valence electrons. The second-order valence-electron chi connectivity index (χ2n) is 7.00. The van der Waals surface area contributed by atoms with Crippen LogP contribution in [0.3, 0.4) is 0 Å². The molecule has 2 aliphatic heterocycles. The summed E-state index contributed by atoms with van der Waals surface area (Å²) in [4.78, 5) is 19.2. The van der Waals surface area contributed by atoms with Crippen LogP contribution in [0.2, 0.25) is 0 Å². The Morgan fingerprint density at radius 2 is 2.07 bits per heavy atom. The van der Waals surface area contributed by atoms with E-state index in [-0.39, 0.29) is 11.9 Å². The number of nitrogens with zero attached hydrogens (tertiary/aromatic N) is 4. The van der Waals surface area contributed by atoms with Gasteiger partial charge < -0.3 is 10.1 Å². The summed E-state index contributed by atoms with van der Waals surface area (Å²) in [6.07, 6.45) is 0.714. The van der Waals surface area contributed by atoms with Gasteiger partial charge in [0.15, 0.2) is 0 Å². The molecule has 1 atom stereocenters. The van der Waals surface area contributed by atoms with Crippen LogP contribution in [0.25, 0.3) is 0 Å². The molecule has 2 saturated heterocycles. The van der Waals surface area contributed by atoms with Crippen LogP contribution in [0, 0.1) is 6.92 Å². The van der Waals surface area contributed by atoms with E-state index in [0.717, 1.165) is 30.2 Å². The highest BCUT2D eigenvalue weighted by Gasteiger charge is 2.34. The first kappa shape index (κ1) is 17.7. The summed E-state index contributed by atoms with van der Waals surface area (Å²) >= 11 is 0. The number of hydrogen-bond acceptors (Lipinski definition) is 7. The van der Waals surface area contributed by atoms with Gasteiger partial charge in [-0.05, 0) is 25.5 Å². The van der Waals surface area contributed by atoms with Gasteiger partial charge in [-0.1, -0.05) is 0 Å². The maximum absolute atomic E-state index is 12.9. The molecule has 3 N–H and O–H groups in total. The molecule has 2 aliphatic rings. The van der Waals surface area contributed by atoms with Gasteiger partial charge in [-0.2, -0.15) is 10.1 Å². The zero-order chi connectivity index (χ0) is 19.0. The van der Waals surface area contributed by atoms with Crippen molar-refractivity contribution in [1.82, 2.24) is 25.6 Å². The highest BCUT2D eigenvalue weighted by molar-refractivity contribution is 6.00. The second kappa shape index (κ2) is 7.16. The van der Waals surface area contributed by atoms with Crippen molar-refractivity contribution >= 4 is 17.5 Å². The van der Waals surface area contributed by atoms with Gasteiger partial charge in [-0.15, -0.1) is 0 Å². The molecule has 4 rings (SSSR count). The summed E-state index contributed by atoms with van der Waals surface area (Å²) in [5.74, 6) is 2.37. The van der Waals surface area contributed by atoms with Crippen molar-refractivity contribution in [3.8, 4) is 5.88 Å². The van der Waals surface area contributed by atoms with E-state index in [1.165, 1.54) is 0 Å².